The zero-order valence-corrected chi connectivity index (χ0v) is 13.9. The van der Waals surface area contributed by atoms with Crippen molar-refractivity contribution in [2.45, 2.75) is 18.0 Å². The van der Waals surface area contributed by atoms with Crippen molar-refractivity contribution in [1.29, 1.82) is 0 Å². The predicted octanol–water partition coefficient (Wildman–Crippen LogP) is -0.217. The summed E-state index contributed by atoms with van der Waals surface area (Å²) in [6.07, 6.45) is 5.10. The molecule has 128 valence electrons. The van der Waals surface area contributed by atoms with Crippen LogP contribution in [-0.4, -0.2) is 65.5 Å². The van der Waals surface area contributed by atoms with E-state index in [-0.39, 0.29) is 11.6 Å². The molecule has 0 radical (unpaired) electrons. The number of ether oxygens (including phenoxy) is 1. The van der Waals surface area contributed by atoms with E-state index in [1.54, 1.807) is 0 Å². The van der Waals surface area contributed by atoms with Crippen molar-refractivity contribution in [2.75, 3.05) is 37.7 Å². The third kappa shape index (κ3) is 2.76. The fraction of sp³-hybridized carbons (Fsp3) is 0.500. The van der Waals surface area contributed by atoms with Crippen LogP contribution in [0.1, 0.15) is 11.3 Å². The summed E-state index contributed by atoms with van der Waals surface area (Å²) in [6, 6.07) is 0. The third-order valence-corrected chi connectivity index (χ3v) is 6.05. The van der Waals surface area contributed by atoms with Gasteiger partial charge in [0.05, 0.1) is 38.0 Å². The average Bonchev–Trinajstić information content (AvgIpc) is 3.17. The van der Waals surface area contributed by atoms with E-state index < -0.39 is 10.0 Å². The molecule has 0 aliphatic carbocycles. The molecular formula is C14H18N6O3S. The van der Waals surface area contributed by atoms with Crippen LogP contribution >= 0.6 is 0 Å². The van der Waals surface area contributed by atoms with Crippen molar-refractivity contribution in [3.8, 4) is 0 Å². The lowest BCUT2D eigenvalue weighted by Gasteiger charge is -2.30. The van der Waals surface area contributed by atoms with Gasteiger partial charge in [-0.05, 0) is 12.0 Å². The molecule has 0 bridgehead atoms. The van der Waals surface area contributed by atoms with E-state index in [9.17, 15) is 8.42 Å². The highest BCUT2D eigenvalue weighted by Crippen LogP contribution is 2.24. The normalized spacial score (nSPS) is 19.2. The predicted molar refractivity (Wildman–Crippen MR) is 85.0 cm³/mol. The Balaban J connectivity index is 1.59. The van der Waals surface area contributed by atoms with Gasteiger partial charge in [0.1, 0.15) is 0 Å². The van der Waals surface area contributed by atoms with E-state index in [0.717, 1.165) is 24.3 Å². The molecule has 24 heavy (non-hydrogen) atoms. The van der Waals surface area contributed by atoms with Crippen LogP contribution in [0.2, 0.25) is 0 Å². The van der Waals surface area contributed by atoms with Crippen LogP contribution in [0, 0.1) is 0 Å². The standard InChI is InChI=1S/C14H18N6O3S/c21-24(22,13-8-15-10-17-13)20-2-1-11-7-16-14(18-12(11)9-20)19-3-5-23-6-4-19/h7-8,10H,1-6,9H2,(H,15,17). The quantitative estimate of drug-likeness (QED) is 0.816. The summed E-state index contributed by atoms with van der Waals surface area (Å²) in [5.74, 6) is 0.637. The SMILES string of the molecule is O=S(=O)(c1cnc[nH]1)N1CCc2cnc(N3CCOCC3)nc2C1. The van der Waals surface area contributed by atoms with Gasteiger partial charge >= 0.3 is 0 Å². The van der Waals surface area contributed by atoms with Crippen LogP contribution in [0.25, 0.3) is 0 Å². The van der Waals surface area contributed by atoms with Gasteiger partial charge in [-0.3, -0.25) is 0 Å². The maximum absolute atomic E-state index is 12.6. The van der Waals surface area contributed by atoms with Crippen LogP contribution in [0.5, 0.6) is 0 Å². The van der Waals surface area contributed by atoms with E-state index in [1.165, 1.54) is 16.8 Å². The summed E-state index contributed by atoms with van der Waals surface area (Å²) < 4.78 is 32.0. The molecule has 1 fully saturated rings. The Bertz CT molecular complexity index is 817. The van der Waals surface area contributed by atoms with Gasteiger partial charge < -0.3 is 14.6 Å². The molecule has 2 aliphatic heterocycles. The molecule has 0 spiro atoms. The largest absolute Gasteiger partial charge is 0.378 e. The second-order valence-corrected chi connectivity index (χ2v) is 7.65. The Morgan fingerprint density at radius 3 is 2.75 bits per heavy atom. The Hall–Kier alpha value is -2.04. The highest BCUT2D eigenvalue weighted by atomic mass is 32.2. The lowest BCUT2D eigenvalue weighted by atomic mass is 10.1. The molecule has 0 amide bonds. The zero-order valence-electron chi connectivity index (χ0n) is 13.1. The summed E-state index contributed by atoms with van der Waals surface area (Å²) in [6.45, 7) is 3.45. The maximum Gasteiger partial charge on any atom is 0.260 e. The number of rotatable bonds is 3. The van der Waals surface area contributed by atoms with E-state index in [0.29, 0.717) is 32.1 Å². The smallest absolute Gasteiger partial charge is 0.260 e. The van der Waals surface area contributed by atoms with Gasteiger partial charge in [-0.1, -0.05) is 0 Å². The van der Waals surface area contributed by atoms with Gasteiger partial charge in [0, 0.05) is 25.8 Å². The van der Waals surface area contributed by atoms with E-state index in [1.807, 2.05) is 6.20 Å². The first-order chi connectivity index (χ1) is 11.6. The third-order valence-electron chi connectivity index (χ3n) is 4.28. The molecule has 0 aromatic carbocycles. The minimum Gasteiger partial charge on any atom is -0.378 e. The Morgan fingerprint density at radius 1 is 1.17 bits per heavy atom. The summed E-state index contributed by atoms with van der Waals surface area (Å²) >= 11 is 0. The zero-order chi connectivity index (χ0) is 16.6. The van der Waals surface area contributed by atoms with Crippen molar-refractivity contribution in [1.82, 2.24) is 24.2 Å². The summed E-state index contributed by atoms with van der Waals surface area (Å²) in [5.41, 5.74) is 1.77. The minimum atomic E-state index is -3.58. The van der Waals surface area contributed by atoms with E-state index in [2.05, 4.69) is 24.8 Å². The van der Waals surface area contributed by atoms with Crippen LogP contribution in [0.15, 0.2) is 23.7 Å². The second kappa shape index (κ2) is 6.11. The molecule has 4 rings (SSSR count). The Morgan fingerprint density at radius 2 is 2.00 bits per heavy atom. The van der Waals surface area contributed by atoms with Crippen LogP contribution in [0.3, 0.4) is 0 Å². The first-order valence-electron chi connectivity index (χ1n) is 7.80. The topological polar surface area (TPSA) is 104 Å². The fourth-order valence-corrected chi connectivity index (χ4v) is 4.21. The number of hydrogen-bond acceptors (Lipinski definition) is 7. The number of H-pyrrole nitrogens is 1. The van der Waals surface area contributed by atoms with Gasteiger partial charge in [0.15, 0.2) is 5.03 Å². The summed E-state index contributed by atoms with van der Waals surface area (Å²) in [4.78, 5) is 17.6. The number of imidazole rings is 1. The molecular weight excluding hydrogens is 332 g/mol. The van der Waals surface area contributed by atoms with Gasteiger partial charge in [-0.2, -0.15) is 4.31 Å². The minimum absolute atomic E-state index is 0.105. The number of aromatic amines is 1. The molecule has 1 saturated heterocycles. The molecule has 9 nitrogen and oxygen atoms in total. The summed E-state index contributed by atoms with van der Waals surface area (Å²) in [5, 5.41) is 0.105. The molecule has 0 saturated carbocycles. The molecule has 1 N–H and O–H groups in total. The van der Waals surface area contributed by atoms with Gasteiger partial charge in [0.25, 0.3) is 10.0 Å². The van der Waals surface area contributed by atoms with E-state index in [4.69, 9.17) is 4.74 Å². The van der Waals surface area contributed by atoms with Crippen LogP contribution in [-0.2, 0) is 27.7 Å². The molecule has 2 aromatic heterocycles. The van der Waals surface area contributed by atoms with Crippen LogP contribution in [0.4, 0.5) is 5.95 Å². The highest BCUT2D eigenvalue weighted by Gasteiger charge is 2.30. The van der Waals surface area contributed by atoms with Crippen molar-refractivity contribution in [2.24, 2.45) is 0 Å². The lowest BCUT2D eigenvalue weighted by molar-refractivity contribution is 0.122. The summed E-state index contributed by atoms with van der Waals surface area (Å²) in [7, 11) is -3.58. The average molecular weight is 350 g/mol. The first-order valence-corrected chi connectivity index (χ1v) is 9.24. The molecule has 0 unspecified atom stereocenters. The number of sulfonamides is 1. The van der Waals surface area contributed by atoms with Gasteiger partial charge in [-0.15, -0.1) is 0 Å². The number of nitrogens with zero attached hydrogens (tertiary/aromatic N) is 5. The van der Waals surface area contributed by atoms with Crippen molar-refractivity contribution in [3.63, 3.8) is 0 Å². The molecule has 0 atom stereocenters. The number of hydrogen-bond donors (Lipinski definition) is 1. The van der Waals surface area contributed by atoms with Gasteiger partial charge in [0.2, 0.25) is 5.95 Å². The van der Waals surface area contributed by atoms with E-state index >= 15 is 0 Å². The second-order valence-electron chi connectivity index (χ2n) is 5.75. The number of morpholine rings is 1. The fourth-order valence-electron chi connectivity index (χ4n) is 2.91. The van der Waals surface area contributed by atoms with Crippen molar-refractivity contribution >= 4 is 16.0 Å². The van der Waals surface area contributed by atoms with Crippen molar-refractivity contribution in [3.05, 3.63) is 30.0 Å². The Labute approximate surface area is 139 Å². The maximum atomic E-state index is 12.6. The monoisotopic (exact) mass is 350 g/mol. The lowest BCUT2D eigenvalue weighted by Crippen LogP contribution is -2.39. The molecule has 2 aliphatic rings. The molecule has 2 aromatic rings. The molecule has 4 heterocycles. The number of fused-ring (bicyclic) bond motifs is 1. The Kier molecular flexibility index (Phi) is 3.94. The highest BCUT2D eigenvalue weighted by molar-refractivity contribution is 7.89. The first kappa shape index (κ1) is 15.5. The number of aromatic nitrogens is 4. The number of anilines is 1. The van der Waals surface area contributed by atoms with Gasteiger partial charge in [-0.25, -0.2) is 23.4 Å². The van der Waals surface area contributed by atoms with Crippen molar-refractivity contribution < 1.29 is 13.2 Å². The molecule has 10 heteroatoms. The number of nitrogens with one attached hydrogen (secondary N) is 1. The van der Waals surface area contributed by atoms with Crippen LogP contribution < -0.4 is 4.90 Å².